The molecule has 22 heavy (non-hydrogen) atoms. The van der Waals surface area contributed by atoms with E-state index in [4.69, 9.17) is 5.73 Å². The van der Waals surface area contributed by atoms with E-state index in [2.05, 4.69) is 4.72 Å². The topological polar surface area (TPSA) is 115 Å². The van der Waals surface area contributed by atoms with Gasteiger partial charge in [0.2, 0.25) is 10.0 Å². The summed E-state index contributed by atoms with van der Waals surface area (Å²) in [6.45, 7) is 3.31. The number of non-ortho nitro benzene ring substituents is 1. The molecule has 0 saturated heterocycles. The normalized spacial score (nSPS) is 22.5. The fourth-order valence-corrected chi connectivity index (χ4v) is 4.42. The summed E-state index contributed by atoms with van der Waals surface area (Å²) < 4.78 is 27.8. The third-order valence-corrected chi connectivity index (χ3v) is 5.85. The predicted molar refractivity (Wildman–Crippen MR) is 83.1 cm³/mol. The van der Waals surface area contributed by atoms with Gasteiger partial charge in [-0.05, 0) is 37.8 Å². The minimum atomic E-state index is -3.84. The van der Waals surface area contributed by atoms with Crippen LogP contribution >= 0.6 is 0 Å². The highest BCUT2D eigenvalue weighted by Gasteiger charge is 2.29. The lowest BCUT2D eigenvalue weighted by molar-refractivity contribution is -0.385. The van der Waals surface area contributed by atoms with Crippen LogP contribution in [0.1, 0.15) is 36.8 Å². The van der Waals surface area contributed by atoms with Crippen molar-refractivity contribution in [3.8, 4) is 0 Å². The highest BCUT2D eigenvalue weighted by Crippen LogP contribution is 2.26. The fourth-order valence-electron chi connectivity index (χ4n) is 2.76. The summed E-state index contributed by atoms with van der Waals surface area (Å²) >= 11 is 0. The Balaban J connectivity index is 2.38. The van der Waals surface area contributed by atoms with Crippen molar-refractivity contribution < 1.29 is 13.3 Å². The molecule has 0 radical (unpaired) electrons. The molecule has 1 saturated carbocycles. The van der Waals surface area contributed by atoms with Crippen molar-refractivity contribution in [2.45, 2.75) is 56.5 Å². The van der Waals surface area contributed by atoms with E-state index in [0.29, 0.717) is 17.5 Å². The van der Waals surface area contributed by atoms with Gasteiger partial charge in [-0.25, -0.2) is 13.1 Å². The Hall–Kier alpha value is -1.51. The molecule has 7 nitrogen and oxygen atoms in total. The monoisotopic (exact) mass is 327 g/mol. The van der Waals surface area contributed by atoms with E-state index in [0.717, 1.165) is 25.3 Å². The number of nitrogens with two attached hydrogens (primary N) is 1. The maximum atomic E-state index is 12.6. The van der Waals surface area contributed by atoms with Crippen LogP contribution in [0.5, 0.6) is 0 Å². The molecule has 1 fully saturated rings. The van der Waals surface area contributed by atoms with Crippen LogP contribution in [0.25, 0.3) is 0 Å². The first kappa shape index (κ1) is 16.9. The highest BCUT2D eigenvalue weighted by atomic mass is 32.2. The van der Waals surface area contributed by atoms with Crippen LogP contribution in [0.4, 0.5) is 5.69 Å². The van der Waals surface area contributed by atoms with Crippen LogP contribution in [-0.2, 0) is 10.0 Å². The largest absolute Gasteiger partial charge is 0.326 e. The number of nitro groups is 1. The standard InChI is InChI=1S/C14H21N3O4S/c1-9-7-11(17(18)19)8-14(10(9)2)22(20,21)16-13-6-4-3-5-12(13)15/h7-8,12-13,16H,3-6,15H2,1-2H3/t12-,13-/m1/s1. The van der Waals surface area contributed by atoms with Gasteiger partial charge in [0.25, 0.3) is 5.69 Å². The summed E-state index contributed by atoms with van der Waals surface area (Å²) in [5.41, 5.74) is 6.84. The average Bonchev–Trinajstić information content (AvgIpc) is 2.43. The predicted octanol–water partition coefficient (Wildman–Crippen LogP) is 1.76. The second-order valence-corrected chi connectivity index (χ2v) is 7.50. The smallest absolute Gasteiger partial charge is 0.271 e. The van der Waals surface area contributed by atoms with Crippen LogP contribution < -0.4 is 10.5 Å². The third kappa shape index (κ3) is 3.45. The summed E-state index contributed by atoms with van der Waals surface area (Å²) in [7, 11) is -3.84. The maximum absolute atomic E-state index is 12.6. The second kappa shape index (κ2) is 6.31. The number of nitrogens with one attached hydrogen (secondary N) is 1. The molecule has 8 heteroatoms. The van der Waals surface area contributed by atoms with Crippen molar-refractivity contribution in [3.63, 3.8) is 0 Å². The van der Waals surface area contributed by atoms with E-state index in [1.54, 1.807) is 13.8 Å². The number of rotatable bonds is 4. The summed E-state index contributed by atoms with van der Waals surface area (Å²) in [4.78, 5) is 10.3. The van der Waals surface area contributed by atoms with Gasteiger partial charge in [0.15, 0.2) is 0 Å². The van der Waals surface area contributed by atoms with Gasteiger partial charge in [0.05, 0.1) is 9.82 Å². The van der Waals surface area contributed by atoms with Crippen LogP contribution in [-0.4, -0.2) is 25.4 Å². The van der Waals surface area contributed by atoms with Gasteiger partial charge in [0, 0.05) is 24.2 Å². The summed E-state index contributed by atoms with van der Waals surface area (Å²) in [5.74, 6) is 0. The molecule has 0 spiro atoms. The van der Waals surface area contributed by atoms with Crippen molar-refractivity contribution in [1.29, 1.82) is 0 Å². The molecule has 0 bridgehead atoms. The molecule has 3 N–H and O–H groups in total. The first-order chi connectivity index (χ1) is 10.2. The second-order valence-electron chi connectivity index (χ2n) is 5.82. The van der Waals surface area contributed by atoms with Gasteiger partial charge in [0.1, 0.15) is 0 Å². The highest BCUT2D eigenvalue weighted by molar-refractivity contribution is 7.89. The van der Waals surface area contributed by atoms with Gasteiger partial charge in [-0.3, -0.25) is 10.1 Å². The molecular weight excluding hydrogens is 306 g/mol. The summed E-state index contributed by atoms with van der Waals surface area (Å²) in [6.07, 6.45) is 3.38. The molecule has 1 aromatic carbocycles. The molecule has 2 atom stereocenters. The molecule has 0 amide bonds. The van der Waals surface area contributed by atoms with Crippen molar-refractivity contribution in [1.82, 2.24) is 4.72 Å². The van der Waals surface area contributed by atoms with E-state index in [1.807, 2.05) is 0 Å². The van der Waals surface area contributed by atoms with Gasteiger partial charge in [-0.15, -0.1) is 0 Å². The lowest BCUT2D eigenvalue weighted by atomic mass is 9.92. The number of sulfonamides is 1. The van der Waals surface area contributed by atoms with E-state index < -0.39 is 14.9 Å². The zero-order valence-electron chi connectivity index (χ0n) is 12.7. The van der Waals surface area contributed by atoms with Gasteiger partial charge < -0.3 is 5.73 Å². The van der Waals surface area contributed by atoms with Crippen LogP contribution in [0.2, 0.25) is 0 Å². The van der Waals surface area contributed by atoms with Crippen LogP contribution in [0, 0.1) is 24.0 Å². The zero-order valence-corrected chi connectivity index (χ0v) is 13.5. The molecular formula is C14H21N3O4S. The minimum Gasteiger partial charge on any atom is -0.326 e. The quantitative estimate of drug-likeness (QED) is 0.646. The Morgan fingerprint density at radius 2 is 1.91 bits per heavy atom. The first-order valence-corrected chi connectivity index (χ1v) is 8.74. The summed E-state index contributed by atoms with van der Waals surface area (Å²) in [6, 6.07) is 1.95. The SMILES string of the molecule is Cc1cc([N+](=O)[O-])cc(S(=O)(=O)N[C@@H]2CCCC[C@H]2N)c1C. The molecule has 0 heterocycles. The molecule has 122 valence electrons. The van der Waals surface area contributed by atoms with Crippen molar-refractivity contribution in [2.24, 2.45) is 5.73 Å². The Bertz CT molecular complexity index is 688. The van der Waals surface area contributed by atoms with E-state index >= 15 is 0 Å². The Kier molecular flexibility index (Phi) is 4.84. The molecule has 1 aromatic rings. The lowest BCUT2D eigenvalue weighted by Gasteiger charge is -2.29. The first-order valence-electron chi connectivity index (χ1n) is 7.26. The fraction of sp³-hybridized carbons (Fsp3) is 0.571. The zero-order chi connectivity index (χ0) is 16.5. The number of hydrogen-bond acceptors (Lipinski definition) is 5. The maximum Gasteiger partial charge on any atom is 0.271 e. The van der Waals surface area contributed by atoms with Gasteiger partial charge >= 0.3 is 0 Å². The minimum absolute atomic E-state index is 0.0445. The molecule has 2 rings (SSSR count). The Morgan fingerprint density at radius 1 is 1.27 bits per heavy atom. The molecule has 1 aliphatic carbocycles. The lowest BCUT2D eigenvalue weighted by Crippen LogP contribution is -2.49. The van der Waals surface area contributed by atoms with Crippen molar-refractivity contribution in [2.75, 3.05) is 0 Å². The summed E-state index contributed by atoms with van der Waals surface area (Å²) in [5, 5.41) is 11.0. The van der Waals surface area contributed by atoms with Crippen molar-refractivity contribution in [3.05, 3.63) is 33.4 Å². The molecule has 0 aromatic heterocycles. The molecule has 0 aliphatic heterocycles. The Labute approximate surface area is 130 Å². The number of hydrogen-bond donors (Lipinski definition) is 2. The van der Waals surface area contributed by atoms with E-state index in [9.17, 15) is 18.5 Å². The number of aryl methyl sites for hydroxylation is 1. The number of nitro benzene ring substituents is 1. The van der Waals surface area contributed by atoms with Crippen LogP contribution in [0.15, 0.2) is 17.0 Å². The number of nitrogens with zero attached hydrogens (tertiary/aromatic N) is 1. The van der Waals surface area contributed by atoms with E-state index in [1.165, 1.54) is 6.07 Å². The number of benzene rings is 1. The van der Waals surface area contributed by atoms with Crippen molar-refractivity contribution >= 4 is 15.7 Å². The average molecular weight is 327 g/mol. The van der Waals surface area contributed by atoms with Gasteiger partial charge in [-0.1, -0.05) is 12.8 Å². The Morgan fingerprint density at radius 3 is 2.50 bits per heavy atom. The van der Waals surface area contributed by atoms with Crippen LogP contribution in [0.3, 0.4) is 0 Å². The molecule has 1 aliphatic rings. The van der Waals surface area contributed by atoms with E-state index in [-0.39, 0.29) is 22.7 Å². The third-order valence-electron chi connectivity index (χ3n) is 4.23. The molecule has 0 unspecified atom stereocenters. The van der Waals surface area contributed by atoms with Gasteiger partial charge in [-0.2, -0.15) is 0 Å².